The molecule has 0 atom stereocenters. The first-order valence-electron chi connectivity index (χ1n) is 5.29. The summed E-state index contributed by atoms with van der Waals surface area (Å²) in [7, 11) is 0. The minimum absolute atomic E-state index is 0.0901. The molecule has 3 N–H and O–H groups in total. The van der Waals surface area contributed by atoms with Gasteiger partial charge in [0.05, 0.1) is 21.3 Å². The molecule has 0 unspecified atom stereocenters. The summed E-state index contributed by atoms with van der Waals surface area (Å²) in [5, 5.41) is 2.70. The normalized spacial score (nSPS) is 10.3. The highest BCUT2D eigenvalue weighted by Gasteiger charge is 2.15. The Hall–Kier alpha value is -1.78. The van der Waals surface area contributed by atoms with Crippen LogP contribution in [-0.2, 0) is 0 Å². The number of anilines is 2. The van der Waals surface area contributed by atoms with Crippen molar-refractivity contribution in [2.24, 2.45) is 0 Å². The van der Waals surface area contributed by atoms with Gasteiger partial charge in [0.1, 0.15) is 5.82 Å². The van der Waals surface area contributed by atoms with Crippen molar-refractivity contribution in [3.8, 4) is 0 Å². The lowest BCUT2D eigenvalue weighted by Crippen LogP contribution is -2.14. The number of benzene rings is 2. The van der Waals surface area contributed by atoms with Crippen molar-refractivity contribution in [2.45, 2.75) is 0 Å². The molecule has 19 heavy (non-hydrogen) atoms. The average molecular weight is 299 g/mol. The fourth-order valence-corrected chi connectivity index (χ4v) is 1.93. The van der Waals surface area contributed by atoms with Gasteiger partial charge < -0.3 is 11.1 Å². The van der Waals surface area contributed by atoms with E-state index in [2.05, 4.69) is 5.32 Å². The van der Waals surface area contributed by atoms with Gasteiger partial charge in [-0.15, -0.1) is 0 Å². The zero-order valence-corrected chi connectivity index (χ0v) is 11.1. The van der Waals surface area contributed by atoms with E-state index in [1.54, 1.807) is 6.07 Å². The van der Waals surface area contributed by atoms with Gasteiger partial charge in [-0.05, 0) is 30.3 Å². The molecule has 0 bridgehead atoms. The van der Waals surface area contributed by atoms with E-state index in [0.717, 1.165) is 0 Å². The molecule has 0 saturated heterocycles. The maximum absolute atomic E-state index is 13.5. The summed E-state index contributed by atoms with van der Waals surface area (Å²) in [6.07, 6.45) is 0. The van der Waals surface area contributed by atoms with Crippen LogP contribution in [0.1, 0.15) is 10.4 Å². The molecule has 0 aliphatic rings. The molecule has 0 aromatic heterocycles. The van der Waals surface area contributed by atoms with Crippen molar-refractivity contribution in [3.63, 3.8) is 0 Å². The molecule has 2 rings (SSSR count). The van der Waals surface area contributed by atoms with Crippen LogP contribution in [-0.4, -0.2) is 5.91 Å². The molecular formula is C13H9Cl2FN2O. The highest BCUT2D eigenvalue weighted by atomic mass is 35.5. The molecule has 0 saturated carbocycles. The molecule has 3 nitrogen and oxygen atoms in total. The molecule has 0 aliphatic heterocycles. The maximum atomic E-state index is 13.5. The monoisotopic (exact) mass is 298 g/mol. The predicted molar refractivity (Wildman–Crippen MR) is 75.2 cm³/mol. The number of para-hydroxylation sites is 1. The van der Waals surface area contributed by atoms with E-state index in [1.165, 1.54) is 30.3 Å². The van der Waals surface area contributed by atoms with E-state index >= 15 is 0 Å². The molecule has 1 amide bonds. The first-order chi connectivity index (χ1) is 8.99. The highest BCUT2D eigenvalue weighted by Crippen LogP contribution is 2.26. The fourth-order valence-electron chi connectivity index (χ4n) is 1.51. The molecule has 0 fully saturated rings. The van der Waals surface area contributed by atoms with Crippen LogP contribution < -0.4 is 11.1 Å². The molecule has 6 heteroatoms. The van der Waals surface area contributed by atoms with E-state index in [-0.39, 0.29) is 21.3 Å². The Morgan fingerprint density at radius 2 is 1.89 bits per heavy atom. The molecule has 0 spiro atoms. The van der Waals surface area contributed by atoms with Crippen LogP contribution in [0.2, 0.25) is 10.0 Å². The smallest absolute Gasteiger partial charge is 0.257 e. The number of nitrogen functional groups attached to an aromatic ring is 1. The summed E-state index contributed by atoms with van der Waals surface area (Å²) < 4.78 is 13.5. The van der Waals surface area contributed by atoms with Gasteiger partial charge in [0, 0.05) is 5.69 Å². The van der Waals surface area contributed by atoms with Crippen molar-refractivity contribution in [3.05, 3.63) is 57.8 Å². The van der Waals surface area contributed by atoms with Crippen LogP contribution in [0.5, 0.6) is 0 Å². The predicted octanol–water partition coefficient (Wildman–Crippen LogP) is 3.97. The van der Waals surface area contributed by atoms with E-state index in [4.69, 9.17) is 28.9 Å². The Bertz CT molecular complexity index is 626. The second-order valence-corrected chi connectivity index (χ2v) is 4.60. The minimum atomic E-state index is -0.624. The number of hydrogen-bond donors (Lipinski definition) is 2. The standard InChI is InChI=1S/C13H9Cl2FN2O/c14-9-5-4-7(17)6-8(9)13(19)18-12-10(15)2-1-3-11(12)16/h1-6H,17H2,(H,18,19). The molecular weight excluding hydrogens is 290 g/mol. The van der Waals surface area contributed by atoms with Gasteiger partial charge in [0.25, 0.3) is 5.91 Å². The summed E-state index contributed by atoms with van der Waals surface area (Å²) in [5.74, 6) is -1.20. The number of carbonyl (C=O) groups is 1. The van der Waals surface area contributed by atoms with Crippen LogP contribution in [0.25, 0.3) is 0 Å². The average Bonchev–Trinajstić information content (AvgIpc) is 2.37. The summed E-state index contributed by atoms with van der Waals surface area (Å²) >= 11 is 11.7. The van der Waals surface area contributed by atoms with Crippen molar-refractivity contribution in [1.29, 1.82) is 0 Å². The van der Waals surface area contributed by atoms with Crippen molar-refractivity contribution in [1.82, 2.24) is 0 Å². The lowest BCUT2D eigenvalue weighted by Gasteiger charge is -2.09. The summed E-state index contributed by atoms with van der Waals surface area (Å²) in [6.45, 7) is 0. The zero-order valence-electron chi connectivity index (χ0n) is 9.58. The molecule has 2 aromatic rings. The van der Waals surface area contributed by atoms with Crippen molar-refractivity contribution in [2.75, 3.05) is 11.1 Å². The minimum Gasteiger partial charge on any atom is -0.399 e. The third kappa shape index (κ3) is 2.97. The molecule has 0 aliphatic carbocycles. The van der Waals surface area contributed by atoms with Gasteiger partial charge in [-0.25, -0.2) is 4.39 Å². The van der Waals surface area contributed by atoms with Gasteiger partial charge in [0.2, 0.25) is 0 Å². The van der Waals surface area contributed by atoms with Gasteiger partial charge in [-0.1, -0.05) is 29.3 Å². The topological polar surface area (TPSA) is 55.1 Å². The van der Waals surface area contributed by atoms with Gasteiger partial charge >= 0.3 is 0 Å². The Kier molecular flexibility index (Phi) is 3.93. The number of halogens is 3. The Labute approximate surface area is 119 Å². The van der Waals surface area contributed by atoms with Crippen LogP contribution in [0.4, 0.5) is 15.8 Å². The lowest BCUT2D eigenvalue weighted by atomic mass is 10.2. The second-order valence-electron chi connectivity index (χ2n) is 3.79. The quantitative estimate of drug-likeness (QED) is 0.824. The van der Waals surface area contributed by atoms with Gasteiger partial charge in [-0.3, -0.25) is 4.79 Å². The number of amides is 1. The highest BCUT2D eigenvalue weighted by molar-refractivity contribution is 6.36. The van der Waals surface area contributed by atoms with Crippen LogP contribution in [0.15, 0.2) is 36.4 Å². The molecule has 0 heterocycles. The van der Waals surface area contributed by atoms with Gasteiger partial charge in [0.15, 0.2) is 0 Å². The Morgan fingerprint density at radius 3 is 2.58 bits per heavy atom. The molecule has 2 aromatic carbocycles. The zero-order chi connectivity index (χ0) is 14.0. The van der Waals surface area contributed by atoms with E-state index < -0.39 is 11.7 Å². The SMILES string of the molecule is Nc1ccc(Cl)c(C(=O)Nc2c(F)cccc2Cl)c1. The van der Waals surface area contributed by atoms with Crippen molar-refractivity contribution < 1.29 is 9.18 Å². The van der Waals surface area contributed by atoms with Crippen LogP contribution >= 0.6 is 23.2 Å². The molecule has 0 radical (unpaired) electrons. The number of carbonyl (C=O) groups excluding carboxylic acids is 1. The summed E-state index contributed by atoms with van der Waals surface area (Å²) in [4.78, 5) is 12.0. The first kappa shape index (κ1) is 13.6. The number of rotatable bonds is 2. The second kappa shape index (κ2) is 5.47. The number of hydrogen-bond acceptors (Lipinski definition) is 2. The Morgan fingerprint density at radius 1 is 1.16 bits per heavy atom. The fraction of sp³-hybridized carbons (Fsp3) is 0. The maximum Gasteiger partial charge on any atom is 0.257 e. The molecule has 98 valence electrons. The van der Waals surface area contributed by atoms with Crippen LogP contribution in [0, 0.1) is 5.82 Å². The number of nitrogens with two attached hydrogens (primary N) is 1. The largest absolute Gasteiger partial charge is 0.399 e. The number of nitrogens with one attached hydrogen (secondary N) is 1. The van der Waals surface area contributed by atoms with E-state index in [9.17, 15) is 9.18 Å². The summed E-state index contributed by atoms with van der Waals surface area (Å²) in [6, 6.07) is 8.58. The van der Waals surface area contributed by atoms with E-state index in [1.807, 2.05) is 0 Å². The van der Waals surface area contributed by atoms with Gasteiger partial charge in [-0.2, -0.15) is 0 Å². The van der Waals surface area contributed by atoms with Crippen LogP contribution in [0.3, 0.4) is 0 Å². The first-order valence-corrected chi connectivity index (χ1v) is 6.05. The van der Waals surface area contributed by atoms with E-state index in [0.29, 0.717) is 5.69 Å². The third-order valence-electron chi connectivity index (χ3n) is 2.44. The third-order valence-corrected chi connectivity index (χ3v) is 3.08. The lowest BCUT2D eigenvalue weighted by molar-refractivity contribution is 0.102. The summed E-state index contributed by atoms with van der Waals surface area (Å²) in [5.41, 5.74) is 6.03. The van der Waals surface area contributed by atoms with Crippen molar-refractivity contribution >= 4 is 40.5 Å². The Balaban J connectivity index is 2.34.